The molecule has 0 unspecified atom stereocenters. The minimum Gasteiger partial charge on any atom is -0.395 e. The Hall–Kier alpha value is -0.900. The number of aliphatic hydroxyl groups is 2. The van der Waals surface area contributed by atoms with Crippen molar-refractivity contribution in [2.24, 2.45) is 0 Å². The Bertz CT molecular complexity index is 267. The molecule has 0 aliphatic heterocycles. The summed E-state index contributed by atoms with van der Waals surface area (Å²) in [6.45, 7) is 2.57. The van der Waals surface area contributed by atoms with E-state index in [9.17, 15) is 10.2 Å². The summed E-state index contributed by atoms with van der Waals surface area (Å²) in [5.41, 5.74) is 0.223. The van der Waals surface area contributed by atoms with Crippen molar-refractivity contribution in [3.05, 3.63) is 35.9 Å². The Kier molecular flexibility index (Phi) is 4.75. The van der Waals surface area contributed by atoms with Crippen LogP contribution in [0.25, 0.3) is 0 Å². The van der Waals surface area contributed by atoms with Gasteiger partial charge in [-0.1, -0.05) is 30.3 Å². The average Bonchev–Trinajstić information content (AvgIpc) is 2.33. The van der Waals surface area contributed by atoms with E-state index in [1.165, 1.54) is 0 Å². The van der Waals surface area contributed by atoms with Crippen molar-refractivity contribution in [1.82, 2.24) is 0 Å². The quantitative estimate of drug-likeness (QED) is 0.735. The first-order chi connectivity index (χ1) is 7.29. The SMILES string of the molecule is CCOCC(CO)(CO)c1ccccc1. The number of aliphatic hydroxyl groups excluding tert-OH is 2. The highest BCUT2D eigenvalue weighted by molar-refractivity contribution is 5.25. The molecule has 0 saturated carbocycles. The second-order valence-electron chi connectivity index (χ2n) is 3.60. The third kappa shape index (κ3) is 2.78. The smallest absolute Gasteiger partial charge is 0.0648 e. The van der Waals surface area contributed by atoms with Crippen LogP contribution in [0.15, 0.2) is 30.3 Å². The van der Waals surface area contributed by atoms with Gasteiger partial charge in [0.2, 0.25) is 0 Å². The molecule has 0 aromatic heterocycles. The summed E-state index contributed by atoms with van der Waals surface area (Å²) in [6.07, 6.45) is 0. The molecule has 3 heteroatoms. The van der Waals surface area contributed by atoms with Crippen molar-refractivity contribution in [2.75, 3.05) is 26.4 Å². The van der Waals surface area contributed by atoms with Crippen LogP contribution in [-0.4, -0.2) is 36.6 Å². The maximum Gasteiger partial charge on any atom is 0.0648 e. The molecule has 0 bridgehead atoms. The largest absolute Gasteiger partial charge is 0.395 e. The minimum atomic E-state index is -0.683. The van der Waals surface area contributed by atoms with Gasteiger partial charge in [-0.05, 0) is 12.5 Å². The van der Waals surface area contributed by atoms with Crippen molar-refractivity contribution < 1.29 is 14.9 Å². The van der Waals surface area contributed by atoms with Gasteiger partial charge in [-0.15, -0.1) is 0 Å². The van der Waals surface area contributed by atoms with Crippen molar-refractivity contribution >= 4 is 0 Å². The molecule has 84 valence electrons. The topological polar surface area (TPSA) is 49.7 Å². The van der Waals surface area contributed by atoms with E-state index in [1.54, 1.807) is 0 Å². The van der Waals surface area contributed by atoms with E-state index in [4.69, 9.17) is 4.74 Å². The van der Waals surface area contributed by atoms with Crippen LogP contribution in [-0.2, 0) is 10.2 Å². The summed E-state index contributed by atoms with van der Waals surface area (Å²) in [6, 6.07) is 9.48. The van der Waals surface area contributed by atoms with Crippen molar-refractivity contribution in [2.45, 2.75) is 12.3 Å². The standard InChI is InChI=1S/C12H18O3/c1-2-15-10-12(8-13,9-14)11-6-4-3-5-7-11/h3-7,13-14H,2,8-10H2,1H3. The molecular weight excluding hydrogens is 192 g/mol. The molecule has 0 radical (unpaired) electrons. The van der Waals surface area contributed by atoms with E-state index < -0.39 is 5.41 Å². The Morgan fingerprint density at radius 3 is 2.20 bits per heavy atom. The lowest BCUT2D eigenvalue weighted by Crippen LogP contribution is -2.39. The highest BCUT2D eigenvalue weighted by Crippen LogP contribution is 2.23. The lowest BCUT2D eigenvalue weighted by molar-refractivity contribution is 0.0248. The van der Waals surface area contributed by atoms with E-state index in [0.29, 0.717) is 13.2 Å². The lowest BCUT2D eigenvalue weighted by atomic mass is 9.83. The Balaban J connectivity index is 2.89. The molecule has 2 N–H and O–H groups in total. The van der Waals surface area contributed by atoms with Gasteiger partial charge in [0.15, 0.2) is 0 Å². The van der Waals surface area contributed by atoms with Crippen LogP contribution in [0.3, 0.4) is 0 Å². The van der Waals surface area contributed by atoms with Crippen LogP contribution >= 0.6 is 0 Å². The van der Waals surface area contributed by atoms with Gasteiger partial charge < -0.3 is 14.9 Å². The van der Waals surface area contributed by atoms with E-state index in [0.717, 1.165) is 5.56 Å². The molecule has 0 saturated heterocycles. The Labute approximate surface area is 90.3 Å². The van der Waals surface area contributed by atoms with Crippen LogP contribution < -0.4 is 0 Å². The zero-order valence-corrected chi connectivity index (χ0v) is 9.02. The molecule has 1 aromatic rings. The molecule has 1 rings (SSSR count). The summed E-state index contributed by atoms with van der Waals surface area (Å²) < 4.78 is 5.32. The van der Waals surface area contributed by atoms with Gasteiger partial charge in [0.25, 0.3) is 0 Å². The fraction of sp³-hybridized carbons (Fsp3) is 0.500. The molecule has 1 aromatic carbocycles. The molecule has 0 spiro atoms. The molecular formula is C12H18O3. The first-order valence-electron chi connectivity index (χ1n) is 5.14. The predicted octanol–water partition coefficient (Wildman–Crippen LogP) is 0.946. The number of hydrogen-bond donors (Lipinski definition) is 2. The molecule has 0 aliphatic carbocycles. The van der Waals surface area contributed by atoms with Gasteiger partial charge >= 0.3 is 0 Å². The van der Waals surface area contributed by atoms with Crippen molar-refractivity contribution in [3.63, 3.8) is 0 Å². The monoisotopic (exact) mass is 210 g/mol. The summed E-state index contributed by atoms with van der Waals surface area (Å²) in [7, 11) is 0. The maximum atomic E-state index is 9.42. The van der Waals surface area contributed by atoms with Gasteiger partial charge in [0, 0.05) is 6.61 Å². The summed E-state index contributed by atoms with van der Waals surface area (Å²) in [5, 5.41) is 18.8. The molecule has 0 aliphatic rings. The minimum absolute atomic E-state index is 0.118. The third-order valence-corrected chi connectivity index (χ3v) is 2.57. The van der Waals surface area contributed by atoms with Crippen LogP contribution in [0.4, 0.5) is 0 Å². The van der Waals surface area contributed by atoms with E-state index in [1.807, 2.05) is 37.3 Å². The zero-order chi connectivity index (χ0) is 11.1. The number of rotatable bonds is 6. The van der Waals surface area contributed by atoms with Crippen LogP contribution in [0.1, 0.15) is 12.5 Å². The van der Waals surface area contributed by atoms with Crippen molar-refractivity contribution in [3.8, 4) is 0 Å². The molecule has 3 nitrogen and oxygen atoms in total. The molecule has 15 heavy (non-hydrogen) atoms. The summed E-state index contributed by atoms with van der Waals surface area (Å²) >= 11 is 0. The first kappa shape index (κ1) is 12.2. The first-order valence-corrected chi connectivity index (χ1v) is 5.14. The number of ether oxygens (including phenoxy) is 1. The molecule has 0 amide bonds. The lowest BCUT2D eigenvalue weighted by Gasteiger charge is -2.29. The molecule has 0 heterocycles. The molecule has 0 fully saturated rings. The normalized spacial score (nSPS) is 11.7. The Morgan fingerprint density at radius 1 is 1.13 bits per heavy atom. The average molecular weight is 210 g/mol. The number of hydrogen-bond acceptors (Lipinski definition) is 3. The fourth-order valence-corrected chi connectivity index (χ4v) is 1.50. The second kappa shape index (κ2) is 5.85. The van der Waals surface area contributed by atoms with Crippen LogP contribution in [0.2, 0.25) is 0 Å². The highest BCUT2D eigenvalue weighted by atomic mass is 16.5. The predicted molar refractivity (Wildman–Crippen MR) is 58.8 cm³/mol. The summed E-state index contributed by atoms with van der Waals surface area (Å²) in [5.74, 6) is 0. The fourth-order valence-electron chi connectivity index (χ4n) is 1.50. The summed E-state index contributed by atoms with van der Waals surface area (Å²) in [4.78, 5) is 0. The van der Waals surface area contributed by atoms with Gasteiger partial charge in [0.1, 0.15) is 0 Å². The van der Waals surface area contributed by atoms with Crippen LogP contribution in [0.5, 0.6) is 0 Å². The van der Waals surface area contributed by atoms with Crippen LogP contribution in [0, 0.1) is 0 Å². The van der Waals surface area contributed by atoms with E-state index in [-0.39, 0.29) is 13.2 Å². The van der Waals surface area contributed by atoms with Gasteiger partial charge in [-0.2, -0.15) is 0 Å². The number of benzene rings is 1. The Morgan fingerprint density at radius 2 is 1.73 bits per heavy atom. The third-order valence-electron chi connectivity index (χ3n) is 2.57. The zero-order valence-electron chi connectivity index (χ0n) is 9.02. The van der Waals surface area contributed by atoms with Gasteiger partial charge in [-0.25, -0.2) is 0 Å². The van der Waals surface area contributed by atoms with Gasteiger partial charge in [-0.3, -0.25) is 0 Å². The van der Waals surface area contributed by atoms with Gasteiger partial charge in [0.05, 0.1) is 25.2 Å². The van der Waals surface area contributed by atoms with E-state index >= 15 is 0 Å². The van der Waals surface area contributed by atoms with E-state index in [2.05, 4.69) is 0 Å². The second-order valence-corrected chi connectivity index (χ2v) is 3.60. The highest BCUT2D eigenvalue weighted by Gasteiger charge is 2.31. The van der Waals surface area contributed by atoms with Crippen molar-refractivity contribution in [1.29, 1.82) is 0 Å². The molecule has 0 atom stereocenters. The maximum absolute atomic E-state index is 9.42.